The van der Waals surface area contributed by atoms with Crippen LogP contribution in [0.25, 0.3) is 66.1 Å². The lowest BCUT2D eigenvalue weighted by atomic mass is 9.37. The molecule has 3 atom stereocenters. The summed E-state index contributed by atoms with van der Waals surface area (Å²) in [6.07, 6.45) is 13.5. The molecule has 8 aromatic rings. The average Bonchev–Trinajstić information content (AvgIpc) is 3.74. The zero-order valence-electron chi connectivity index (χ0n) is 30.4. The number of hydrogen-bond donors (Lipinski definition) is 0. The topological polar surface area (TPSA) is 13.1 Å². The fraction of sp³-hybridized carbons (Fsp3) is 0.120. The van der Waals surface area contributed by atoms with Crippen molar-refractivity contribution in [2.45, 2.75) is 25.8 Å². The summed E-state index contributed by atoms with van der Waals surface area (Å²) in [5.74, 6) is 0.599. The van der Waals surface area contributed by atoms with Crippen molar-refractivity contribution in [3.05, 3.63) is 181 Å². The van der Waals surface area contributed by atoms with E-state index in [4.69, 9.17) is 0 Å². The van der Waals surface area contributed by atoms with Crippen molar-refractivity contribution in [3.63, 3.8) is 0 Å². The minimum atomic E-state index is -0.302. The molecule has 0 N–H and O–H groups in total. The van der Waals surface area contributed by atoms with Gasteiger partial charge in [-0.1, -0.05) is 134 Å². The third-order valence-electron chi connectivity index (χ3n) is 13.1. The fourth-order valence-electron chi connectivity index (χ4n) is 10.7. The van der Waals surface area contributed by atoms with Crippen molar-refractivity contribution >= 4 is 67.3 Å². The summed E-state index contributed by atoms with van der Waals surface area (Å²) >= 11 is 0. The van der Waals surface area contributed by atoms with Gasteiger partial charge in [-0.3, -0.25) is 0 Å². The van der Waals surface area contributed by atoms with Gasteiger partial charge in [-0.05, 0) is 84.4 Å². The zero-order valence-corrected chi connectivity index (χ0v) is 30.4. The van der Waals surface area contributed by atoms with Gasteiger partial charge in [0.15, 0.2) is 0 Å². The van der Waals surface area contributed by atoms with E-state index in [0.717, 1.165) is 6.42 Å². The lowest BCUT2D eigenvalue weighted by Gasteiger charge is -2.58. The Morgan fingerprint density at radius 3 is 1.83 bits per heavy atom. The Labute approximate surface area is 315 Å². The molecule has 2 aliphatic carbocycles. The molecule has 0 spiro atoms. The first-order valence-electron chi connectivity index (χ1n) is 19.4. The molecule has 4 heteroatoms. The van der Waals surface area contributed by atoms with E-state index in [1.54, 1.807) is 5.47 Å². The van der Waals surface area contributed by atoms with Crippen molar-refractivity contribution < 1.29 is 0 Å². The molecule has 3 unspecified atom stereocenters. The van der Waals surface area contributed by atoms with Crippen molar-refractivity contribution in [1.82, 2.24) is 9.13 Å². The minimum absolute atomic E-state index is 0.150. The van der Waals surface area contributed by atoms with E-state index in [1.165, 1.54) is 82.8 Å². The predicted molar refractivity (Wildman–Crippen MR) is 229 cm³/mol. The van der Waals surface area contributed by atoms with Crippen LogP contribution < -0.4 is 10.3 Å². The van der Waals surface area contributed by atoms with E-state index in [0.29, 0.717) is 5.92 Å². The Morgan fingerprint density at radius 1 is 0.611 bits per heavy atom. The molecule has 3 nitrogen and oxygen atoms in total. The summed E-state index contributed by atoms with van der Waals surface area (Å²) < 4.78 is 4.94. The van der Waals surface area contributed by atoms with E-state index >= 15 is 0 Å². The number of para-hydroxylation sites is 4. The summed E-state index contributed by atoms with van der Waals surface area (Å²) in [6.45, 7) is 5.08. The van der Waals surface area contributed by atoms with Gasteiger partial charge in [0.05, 0.1) is 27.6 Å². The van der Waals surface area contributed by atoms with Crippen molar-refractivity contribution in [3.8, 4) is 16.8 Å². The Morgan fingerprint density at radius 2 is 1.19 bits per heavy atom. The van der Waals surface area contributed by atoms with Gasteiger partial charge >= 0.3 is 6.85 Å². The quantitative estimate of drug-likeness (QED) is 0.165. The molecule has 0 saturated heterocycles. The van der Waals surface area contributed by atoms with Crippen LogP contribution in [0.4, 0.5) is 5.69 Å². The highest BCUT2D eigenvalue weighted by Crippen LogP contribution is 2.54. The van der Waals surface area contributed by atoms with Gasteiger partial charge in [-0.15, -0.1) is 0 Å². The predicted octanol–water partition coefficient (Wildman–Crippen LogP) is 11.5. The van der Waals surface area contributed by atoms with Gasteiger partial charge in [0.2, 0.25) is 0 Å². The first-order valence-corrected chi connectivity index (χ1v) is 19.4. The monoisotopic (exact) mass is 691 g/mol. The largest absolute Gasteiger partial charge is 0.397 e. The van der Waals surface area contributed by atoms with Crippen molar-refractivity contribution in [2.24, 2.45) is 11.8 Å². The van der Waals surface area contributed by atoms with Gasteiger partial charge in [0.1, 0.15) is 0 Å². The molecule has 0 saturated carbocycles. The molecule has 0 amide bonds. The van der Waals surface area contributed by atoms with Crippen LogP contribution in [-0.2, 0) is 0 Å². The zero-order chi connectivity index (χ0) is 35.7. The number of allylic oxidation sites excluding steroid dienone is 5. The summed E-state index contributed by atoms with van der Waals surface area (Å²) in [7, 11) is 0. The summed E-state index contributed by atoms with van der Waals surface area (Å²) in [5, 5.41) is 5.17. The van der Waals surface area contributed by atoms with E-state index in [9.17, 15) is 0 Å². The number of rotatable bonds is 2. The van der Waals surface area contributed by atoms with E-state index < -0.39 is 0 Å². The van der Waals surface area contributed by atoms with E-state index in [-0.39, 0.29) is 18.3 Å². The minimum Gasteiger partial charge on any atom is -0.397 e. The molecule has 2 aliphatic heterocycles. The van der Waals surface area contributed by atoms with Crippen molar-refractivity contribution in [2.75, 3.05) is 4.81 Å². The number of aromatic nitrogens is 2. The molecule has 0 bridgehead atoms. The average molecular weight is 692 g/mol. The molecular formula is C50H38BN3. The number of anilines is 1. The van der Waals surface area contributed by atoms with Crippen LogP contribution in [0.2, 0.25) is 0 Å². The van der Waals surface area contributed by atoms with Crippen LogP contribution in [0.5, 0.6) is 0 Å². The molecule has 2 aromatic heterocycles. The summed E-state index contributed by atoms with van der Waals surface area (Å²) in [6, 6.07) is 51.8. The van der Waals surface area contributed by atoms with E-state index in [2.05, 4.69) is 198 Å². The van der Waals surface area contributed by atoms with Crippen LogP contribution in [-0.4, -0.2) is 21.5 Å². The Balaban J connectivity index is 1.10. The second-order valence-electron chi connectivity index (χ2n) is 15.9. The number of hydrogen-bond acceptors (Lipinski definition) is 1. The van der Waals surface area contributed by atoms with Crippen molar-refractivity contribution in [1.29, 1.82) is 0 Å². The van der Waals surface area contributed by atoms with Crippen LogP contribution in [0, 0.1) is 11.8 Å². The highest BCUT2D eigenvalue weighted by molar-refractivity contribution is 6.85. The van der Waals surface area contributed by atoms with Crippen LogP contribution in [0.1, 0.15) is 20.3 Å². The maximum Gasteiger partial charge on any atom is 0.321 e. The molecule has 12 rings (SSSR count). The maximum atomic E-state index is 2.80. The molecule has 4 heterocycles. The third kappa shape index (κ3) is 3.87. The second kappa shape index (κ2) is 10.9. The smallest absolute Gasteiger partial charge is 0.321 e. The Hall–Kier alpha value is -6.26. The molecule has 256 valence electrons. The van der Waals surface area contributed by atoms with E-state index in [1.807, 2.05) is 0 Å². The standard InChI is InChI=1S/C50H38BN3/c1-32-14-13-20-40-42-31-34(53-46-24-11-6-18-38(46)39-19-7-12-25-47(39)53)28-29-50(42,2)54-48-27-26-33(30-41(48)35-15-3-8-21-43(35)51(54)49(32)40)52-44-22-9-4-16-36(44)37-17-5-10-23-45(37)52/h3-13,15-32,42H,14H2,1-2H3. The van der Waals surface area contributed by atoms with Gasteiger partial charge in [0.25, 0.3) is 0 Å². The Bertz CT molecular complexity index is 2930. The van der Waals surface area contributed by atoms with Crippen LogP contribution in [0.3, 0.4) is 0 Å². The number of nitrogens with zero attached hydrogens (tertiary/aromatic N) is 3. The van der Waals surface area contributed by atoms with Gasteiger partial charge < -0.3 is 13.9 Å². The van der Waals surface area contributed by atoms with Gasteiger partial charge in [-0.25, -0.2) is 0 Å². The highest BCUT2D eigenvalue weighted by Gasteiger charge is 2.54. The highest BCUT2D eigenvalue weighted by atomic mass is 15.2. The molecule has 6 aromatic carbocycles. The lowest BCUT2D eigenvalue weighted by molar-refractivity contribution is 0.462. The lowest BCUT2D eigenvalue weighted by Crippen LogP contribution is -2.68. The molecule has 0 radical (unpaired) electrons. The molecule has 0 fully saturated rings. The Kier molecular flexibility index (Phi) is 6.10. The van der Waals surface area contributed by atoms with Gasteiger partial charge in [0, 0.05) is 50.1 Å². The molecular weight excluding hydrogens is 653 g/mol. The van der Waals surface area contributed by atoms with Crippen LogP contribution in [0.15, 0.2) is 181 Å². The summed E-state index contributed by atoms with van der Waals surface area (Å²) in [5.41, 5.74) is 15.5. The molecule has 54 heavy (non-hydrogen) atoms. The number of fused-ring (bicyclic) bond motifs is 16. The fourth-order valence-corrected chi connectivity index (χ4v) is 10.7. The number of benzene rings is 6. The SMILES string of the molecule is CC1CC=CC2=C1B1c3ccccc3-c3cc(-n4c5ccccc5c5ccccc54)ccc3N1C1(C)C=CC(n3c4ccccc4c4ccccc43)=CC21. The first kappa shape index (κ1) is 30.2. The first-order chi connectivity index (χ1) is 26.6. The van der Waals surface area contributed by atoms with Gasteiger partial charge in [-0.2, -0.15) is 0 Å². The summed E-state index contributed by atoms with van der Waals surface area (Å²) in [4.78, 5) is 2.80. The maximum absolute atomic E-state index is 2.80. The molecule has 4 aliphatic rings. The van der Waals surface area contributed by atoms with Crippen LogP contribution >= 0.6 is 0 Å². The third-order valence-corrected chi connectivity index (χ3v) is 13.1. The normalized spacial score (nSPS) is 21.3. The second-order valence-corrected chi connectivity index (χ2v) is 15.9.